The fourth-order valence-electron chi connectivity index (χ4n) is 3.10. The van der Waals surface area contributed by atoms with E-state index in [0.29, 0.717) is 0 Å². The third kappa shape index (κ3) is 4.68. The van der Waals surface area contributed by atoms with Crippen molar-refractivity contribution in [2.75, 3.05) is 0 Å². The van der Waals surface area contributed by atoms with Gasteiger partial charge in [-0.15, -0.1) is 0 Å². The molecule has 0 amide bonds. The van der Waals surface area contributed by atoms with Crippen LogP contribution in [0.15, 0.2) is 84.9 Å². The lowest BCUT2D eigenvalue weighted by molar-refractivity contribution is -0.137. The lowest BCUT2D eigenvalue weighted by Gasteiger charge is -2.12. The molecule has 3 aromatic rings. The molecule has 0 aliphatic carbocycles. The van der Waals surface area contributed by atoms with Crippen molar-refractivity contribution in [1.82, 2.24) is 0 Å². The lowest BCUT2D eigenvalue weighted by atomic mass is 9.94. The molecule has 3 heteroatoms. The fraction of sp³-hybridized carbons (Fsp3) is 0.167. The fourth-order valence-corrected chi connectivity index (χ4v) is 3.10. The van der Waals surface area contributed by atoms with Gasteiger partial charge in [0, 0.05) is 0 Å². The number of allylic oxidation sites excluding steroid dienone is 2. The summed E-state index contributed by atoms with van der Waals surface area (Å²) >= 11 is 0. The minimum Gasteiger partial charge on any atom is -0.166 e. The minimum absolute atomic E-state index is 0.0288. The summed E-state index contributed by atoms with van der Waals surface area (Å²) in [6.45, 7) is 4.02. The maximum Gasteiger partial charge on any atom is 0.416 e. The third-order valence-corrected chi connectivity index (χ3v) is 4.71. The van der Waals surface area contributed by atoms with Gasteiger partial charge in [0.25, 0.3) is 0 Å². The van der Waals surface area contributed by atoms with Crippen LogP contribution in [0.4, 0.5) is 13.2 Å². The molecule has 27 heavy (non-hydrogen) atoms. The molecule has 0 aromatic heterocycles. The van der Waals surface area contributed by atoms with E-state index in [2.05, 4.69) is 42.5 Å². The summed E-state index contributed by atoms with van der Waals surface area (Å²) in [5.74, 6) is 0.0288. The molecule has 1 atom stereocenters. The Labute approximate surface area is 158 Å². The quantitative estimate of drug-likeness (QED) is 0.446. The summed E-state index contributed by atoms with van der Waals surface area (Å²) in [6, 6.07) is 23.9. The second kappa shape index (κ2) is 7.83. The van der Waals surface area contributed by atoms with E-state index < -0.39 is 11.7 Å². The average molecular weight is 366 g/mol. The number of halogens is 3. The molecule has 138 valence electrons. The number of hydrogen-bond donors (Lipinski definition) is 0. The van der Waals surface area contributed by atoms with Crippen LogP contribution in [0.25, 0.3) is 16.7 Å². The Balaban J connectivity index is 1.76. The van der Waals surface area contributed by atoms with E-state index in [9.17, 15) is 13.2 Å². The van der Waals surface area contributed by atoms with Gasteiger partial charge in [-0.05, 0) is 52.8 Å². The van der Waals surface area contributed by atoms with E-state index in [1.54, 1.807) is 12.1 Å². The number of hydrogen-bond acceptors (Lipinski definition) is 0. The average Bonchev–Trinajstić information content (AvgIpc) is 2.68. The summed E-state index contributed by atoms with van der Waals surface area (Å²) < 4.78 is 38.1. The molecule has 0 aliphatic heterocycles. The van der Waals surface area contributed by atoms with Crippen molar-refractivity contribution in [2.45, 2.75) is 25.9 Å². The maximum atomic E-state index is 12.7. The highest BCUT2D eigenvalue weighted by Crippen LogP contribution is 2.31. The van der Waals surface area contributed by atoms with Gasteiger partial charge in [0.15, 0.2) is 0 Å². The van der Waals surface area contributed by atoms with E-state index in [0.717, 1.165) is 34.4 Å². The minimum atomic E-state index is -4.30. The SMILES string of the molecule is C/C(=C\C(C)c1ccc(C(F)(F)F)cc1)c1ccc(-c2ccccc2)cc1. The molecule has 0 N–H and O–H groups in total. The Morgan fingerprint density at radius 3 is 1.89 bits per heavy atom. The molecule has 0 saturated carbocycles. The second-order valence-electron chi connectivity index (χ2n) is 6.70. The normalized spacial score (nSPS) is 13.4. The molecule has 0 aliphatic rings. The maximum absolute atomic E-state index is 12.7. The molecule has 0 spiro atoms. The Hall–Kier alpha value is -2.81. The van der Waals surface area contributed by atoms with Crippen LogP contribution >= 0.6 is 0 Å². The summed E-state index contributed by atoms with van der Waals surface area (Å²) in [7, 11) is 0. The largest absolute Gasteiger partial charge is 0.416 e. The van der Waals surface area contributed by atoms with Crippen molar-refractivity contribution in [3.8, 4) is 11.1 Å². The first-order chi connectivity index (χ1) is 12.8. The van der Waals surface area contributed by atoms with Crippen LogP contribution in [0, 0.1) is 0 Å². The van der Waals surface area contributed by atoms with Crippen LogP contribution in [0.3, 0.4) is 0 Å². The lowest BCUT2D eigenvalue weighted by Crippen LogP contribution is -2.04. The van der Waals surface area contributed by atoms with Gasteiger partial charge in [-0.25, -0.2) is 0 Å². The van der Waals surface area contributed by atoms with Crippen LogP contribution < -0.4 is 0 Å². The van der Waals surface area contributed by atoms with Crippen molar-refractivity contribution in [3.63, 3.8) is 0 Å². The zero-order chi connectivity index (χ0) is 19.4. The van der Waals surface area contributed by atoms with E-state index >= 15 is 0 Å². The Kier molecular flexibility index (Phi) is 5.50. The predicted molar refractivity (Wildman–Crippen MR) is 105 cm³/mol. The molecular formula is C24H21F3. The van der Waals surface area contributed by atoms with Crippen LogP contribution in [0.5, 0.6) is 0 Å². The first kappa shape index (κ1) is 19.0. The Morgan fingerprint density at radius 1 is 0.778 bits per heavy atom. The molecule has 0 heterocycles. The van der Waals surface area contributed by atoms with Gasteiger partial charge in [-0.1, -0.05) is 79.7 Å². The second-order valence-corrected chi connectivity index (χ2v) is 6.70. The highest BCUT2D eigenvalue weighted by molar-refractivity contribution is 5.70. The van der Waals surface area contributed by atoms with Crippen molar-refractivity contribution >= 4 is 5.57 Å². The molecule has 0 nitrogen and oxygen atoms in total. The Bertz CT molecular complexity index is 903. The van der Waals surface area contributed by atoms with Gasteiger partial charge < -0.3 is 0 Å². The van der Waals surface area contributed by atoms with E-state index in [1.807, 2.05) is 32.0 Å². The van der Waals surface area contributed by atoms with Crippen molar-refractivity contribution in [2.24, 2.45) is 0 Å². The molecule has 0 radical (unpaired) electrons. The van der Waals surface area contributed by atoms with E-state index in [1.165, 1.54) is 5.56 Å². The zero-order valence-corrected chi connectivity index (χ0v) is 15.3. The van der Waals surface area contributed by atoms with Crippen molar-refractivity contribution in [3.05, 3.63) is 102 Å². The first-order valence-electron chi connectivity index (χ1n) is 8.86. The van der Waals surface area contributed by atoms with Gasteiger partial charge in [-0.3, -0.25) is 0 Å². The topological polar surface area (TPSA) is 0 Å². The highest BCUT2D eigenvalue weighted by Gasteiger charge is 2.30. The van der Waals surface area contributed by atoms with E-state index in [4.69, 9.17) is 0 Å². The number of rotatable bonds is 4. The van der Waals surface area contributed by atoms with Gasteiger partial charge in [0.1, 0.15) is 0 Å². The van der Waals surface area contributed by atoms with Gasteiger partial charge >= 0.3 is 6.18 Å². The monoisotopic (exact) mass is 366 g/mol. The Morgan fingerprint density at radius 2 is 1.33 bits per heavy atom. The molecule has 0 bridgehead atoms. The van der Waals surface area contributed by atoms with Crippen LogP contribution in [0.2, 0.25) is 0 Å². The molecule has 3 rings (SSSR count). The smallest absolute Gasteiger partial charge is 0.166 e. The third-order valence-electron chi connectivity index (χ3n) is 4.71. The van der Waals surface area contributed by atoms with Crippen LogP contribution in [-0.2, 0) is 6.18 Å². The van der Waals surface area contributed by atoms with Crippen LogP contribution in [-0.4, -0.2) is 0 Å². The van der Waals surface area contributed by atoms with Crippen molar-refractivity contribution in [1.29, 1.82) is 0 Å². The van der Waals surface area contributed by atoms with E-state index in [-0.39, 0.29) is 5.92 Å². The van der Waals surface area contributed by atoms with Gasteiger partial charge in [0.2, 0.25) is 0 Å². The summed E-state index contributed by atoms with van der Waals surface area (Å²) in [4.78, 5) is 0. The van der Waals surface area contributed by atoms with Gasteiger partial charge in [-0.2, -0.15) is 13.2 Å². The number of benzene rings is 3. The summed E-state index contributed by atoms with van der Waals surface area (Å²) in [5, 5.41) is 0. The molecule has 0 fully saturated rings. The molecule has 0 saturated heterocycles. The molecule has 3 aromatic carbocycles. The predicted octanol–water partition coefficient (Wildman–Crippen LogP) is 7.58. The number of alkyl halides is 3. The first-order valence-corrected chi connectivity index (χ1v) is 8.86. The highest BCUT2D eigenvalue weighted by atomic mass is 19.4. The standard InChI is InChI=1S/C24H21F3/c1-17(16-18(2)20-12-14-23(15-13-20)24(25,26)27)19-8-10-22(11-9-19)21-6-4-3-5-7-21/h3-16,18H,1-2H3/b17-16+. The zero-order valence-electron chi connectivity index (χ0n) is 15.3. The van der Waals surface area contributed by atoms with Crippen molar-refractivity contribution < 1.29 is 13.2 Å². The molecular weight excluding hydrogens is 345 g/mol. The molecule has 1 unspecified atom stereocenters. The van der Waals surface area contributed by atoms with Gasteiger partial charge in [0.05, 0.1) is 5.56 Å². The van der Waals surface area contributed by atoms with Crippen LogP contribution in [0.1, 0.15) is 36.5 Å². The summed E-state index contributed by atoms with van der Waals surface area (Å²) in [6.07, 6.45) is -2.21. The summed E-state index contributed by atoms with van der Waals surface area (Å²) in [5.41, 5.74) is 4.78.